The zero-order valence-electron chi connectivity index (χ0n) is 20.5. The van der Waals surface area contributed by atoms with E-state index in [0.717, 1.165) is 57.8 Å². The molecule has 0 saturated heterocycles. The molecule has 0 aromatic rings. The van der Waals surface area contributed by atoms with Crippen molar-refractivity contribution in [2.24, 2.45) is 0 Å². The van der Waals surface area contributed by atoms with Crippen molar-refractivity contribution in [2.45, 2.75) is 148 Å². The van der Waals surface area contributed by atoms with Crippen LogP contribution in [0.1, 0.15) is 142 Å². The normalized spacial score (nSPS) is 12.3. The molecule has 4 nitrogen and oxygen atoms in total. The fourth-order valence-electron chi connectivity index (χ4n) is 3.75. The molecule has 0 bridgehead atoms. The van der Waals surface area contributed by atoms with E-state index in [0.29, 0.717) is 6.42 Å². The van der Waals surface area contributed by atoms with E-state index in [1.807, 2.05) is 6.08 Å². The summed E-state index contributed by atoms with van der Waals surface area (Å²) in [5, 5.41) is 8.69. The average molecular weight is 439 g/mol. The molecule has 0 aromatic carbocycles. The fourth-order valence-corrected chi connectivity index (χ4v) is 3.75. The second-order valence-electron chi connectivity index (χ2n) is 8.88. The van der Waals surface area contributed by atoms with E-state index in [-0.39, 0.29) is 18.5 Å². The Morgan fingerprint density at radius 3 is 1.77 bits per heavy atom. The van der Waals surface area contributed by atoms with E-state index in [2.05, 4.69) is 19.9 Å². The summed E-state index contributed by atoms with van der Waals surface area (Å²) in [5.74, 6) is -0.801. The molecule has 4 heteroatoms. The third-order valence-electron chi connectivity index (χ3n) is 5.70. The summed E-state index contributed by atoms with van der Waals surface area (Å²) in [7, 11) is 0. The highest BCUT2D eigenvalue weighted by molar-refractivity contribution is 5.69. The Labute approximate surface area is 192 Å². The highest BCUT2D eigenvalue weighted by atomic mass is 16.5. The largest absolute Gasteiger partial charge is 0.481 e. The van der Waals surface area contributed by atoms with Crippen LogP contribution in [-0.4, -0.2) is 23.1 Å². The number of hydrogen-bond acceptors (Lipinski definition) is 3. The molecule has 1 N–H and O–H groups in total. The molecular weight excluding hydrogens is 388 g/mol. The van der Waals surface area contributed by atoms with Crippen molar-refractivity contribution < 1.29 is 19.4 Å². The summed E-state index contributed by atoms with van der Waals surface area (Å²) < 4.78 is 5.71. The topological polar surface area (TPSA) is 63.6 Å². The maximum absolute atomic E-state index is 12.2. The number of carbonyl (C=O) groups is 2. The van der Waals surface area contributed by atoms with Crippen LogP contribution in [-0.2, 0) is 14.3 Å². The van der Waals surface area contributed by atoms with E-state index >= 15 is 0 Å². The minimum atomic E-state index is -0.725. The Hall–Kier alpha value is -1.32. The van der Waals surface area contributed by atoms with Gasteiger partial charge in [0, 0.05) is 12.8 Å². The van der Waals surface area contributed by atoms with Crippen LogP contribution < -0.4 is 0 Å². The first-order valence-corrected chi connectivity index (χ1v) is 13.2. The first-order chi connectivity index (χ1) is 15.1. The number of ether oxygens (including phenoxy) is 1. The lowest BCUT2D eigenvalue weighted by Gasteiger charge is -2.14. The standard InChI is InChI=1S/C27H50O4/c1-3-5-7-8-9-10-11-12-13-14-20-24-27(30)31-25(21-17-6-4-2)22-18-15-16-19-23-26(28)29/h17,21,25H,3-16,18-20,22-24H2,1-2H3,(H,28,29)/b21-17-. The summed E-state index contributed by atoms with van der Waals surface area (Å²) >= 11 is 0. The van der Waals surface area contributed by atoms with Crippen molar-refractivity contribution in [1.82, 2.24) is 0 Å². The van der Waals surface area contributed by atoms with E-state index in [9.17, 15) is 9.59 Å². The van der Waals surface area contributed by atoms with E-state index in [4.69, 9.17) is 9.84 Å². The summed E-state index contributed by atoms with van der Waals surface area (Å²) in [6.07, 6.45) is 25.4. The first-order valence-electron chi connectivity index (χ1n) is 13.2. The molecule has 1 atom stereocenters. The van der Waals surface area contributed by atoms with Crippen LogP contribution in [0.5, 0.6) is 0 Å². The fraction of sp³-hybridized carbons (Fsp3) is 0.852. The minimum Gasteiger partial charge on any atom is -0.481 e. The minimum absolute atomic E-state index is 0.0760. The van der Waals surface area contributed by atoms with Crippen LogP contribution in [0.3, 0.4) is 0 Å². The lowest BCUT2D eigenvalue weighted by Crippen LogP contribution is -2.16. The Kier molecular flexibility index (Phi) is 22.4. The number of esters is 1. The van der Waals surface area contributed by atoms with Crippen molar-refractivity contribution in [1.29, 1.82) is 0 Å². The third kappa shape index (κ3) is 23.2. The predicted octanol–water partition coefficient (Wildman–Crippen LogP) is 8.38. The second-order valence-corrected chi connectivity index (χ2v) is 8.88. The Balaban J connectivity index is 3.84. The first kappa shape index (κ1) is 29.7. The molecule has 182 valence electrons. The molecule has 0 fully saturated rings. The van der Waals surface area contributed by atoms with Crippen LogP contribution in [0.25, 0.3) is 0 Å². The summed E-state index contributed by atoms with van der Waals surface area (Å²) in [6, 6.07) is 0. The molecule has 31 heavy (non-hydrogen) atoms. The zero-order valence-corrected chi connectivity index (χ0v) is 20.5. The third-order valence-corrected chi connectivity index (χ3v) is 5.70. The maximum Gasteiger partial charge on any atom is 0.306 e. The van der Waals surface area contributed by atoms with Gasteiger partial charge in [-0.2, -0.15) is 0 Å². The molecule has 0 heterocycles. The van der Waals surface area contributed by atoms with Gasteiger partial charge in [-0.3, -0.25) is 9.59 Å². The number of rotatable bonds is 23. The van der Waals surface area contributed by atoms with E-state index in [1.54, 1.807) is 0 Å². The number of allylic oxidation sites excluding steroid dienone is 1. The monoisotopic (exact) mass is 438 g/mol. The number of unbranched alkanes of at least 4 members (excludes halogenated alkanes) is 14. The number of hydrogen-bond donors (Lipinski definition) is 1. The summed E-state index contributed by atoms with van der Waals surface area (Å²) in [5.41, 5.74) is 0. The number of carbonyl (C=O) groups excluding carboxylic acids is 1. The van der Waals surface area contributed by atoms with Crippen molar-refractivity contribution >= 4 is 11.9 Å². The SMILES string of the molecule is CCC/C=C\C(CCCCCCC(=O)O)OC(=O)CCCCCCCCCCCCC. The molecular formula is C27H50O4. The Morgan fingerprint density at radius 2 is 1.23 bits per heavy atom. The van der Waals surface area contributed by atoms with Crippen LogP contribution in [0.15, 0.2) is 12.2 Å². The predicted molar refractivity (Wildman–Crippen MR) is 130 cm³/mol. The molecule has 0 rings (SSSR count). The van der Waals surface area contributed by atoms with Crippen molar-refractivity contribution in [3.63, 3.8) is 0 Å². The van der Waals surface area contributed by atoms with Gasteiger partial charge < -0.3 is 9.84 Å². The van der Waals surface area contributed by atoms with Gasteiger partial charge in [0.05, 0.1) is 0 Å². The Morgan fingerprint density at radius 1 is 0.710 bits per heavy atom. The van der Waals surface area contributed by atoms with E-state index in [1.165, 1.54) is 57.8 Å². The van der Waals surface area contributed by atoms with Crippen molar-refractivity contribution in [2.75, 3.05) is 0 Å². The number of carboxylic acids is 1. The van der Waals surface area contributed by atoms with Gasteiger partial charge in [-0.15, -0.1) is 0 Å². The smallest absolute Gasteiger partial charge is 0.306 e. The molecule has 0 aliphatic rings. The molecule has 0 aromatic heterocycles. The summed E-state index contributed by atoms with van der Waals surface area (Å²) in [4.78, 5) is 22.8. The van der Waals surface area contributed by atoms with E-state index < -0.39 is 5.97 Å². The van der Waals surface area contributed by atoms with Gasteiger partial charge in [0.2, 0.25) is 0 Å². The highest BCUT2D eigenvalue weighted by Gasteiger charge is 2.11. The molecule has 1 unspecified atom stereocenters. The maximum atomic E-state index is 12.2. The van der Waals surface area contributed by atoms with Gasteiger partial charge in [-0.25, -0.2) is 0 Å². The van der Waals surface area contributed by atoms with Gasteiger partial charge >= 0.3 is 11.9 Å². The lowest BCUT2D eigenvalue weighted by molar-refractivity contribution is -0.147. The quantitative estimate of drug-likeness (QED) is 0.0988. The Bertz CT molecular complexity index is 445. The van der Waals surface area contributed by atoms with Crippen molar-refractivity contribution in [3.8, 4) is 0 Å². The van der Waals surface area contributed by atoms with Crippen LogP contribution in [0.4, 0.5) is 0 Å². The number of carboxylic acid groups (broad SMARTS) is 1. The number of aliphatic carboxylic acids is 1. The molecule has 0 saturated carbocycles. The van der Waals surface area contributed by atoms with Gasteiger partial charge in [0.25, 0.3) is 0 Å². The molecule has 0 amide bonds. The van der Waals surface area contributed by atoms with Crippen LogP contribution >= 0.6 is 0 Å². The molecule has 0 radical (unpaired) electrons. The van der Waals surface area contributed by atoms with Crippen LogP contribution in [0.2, 0.25) is 0 Å². The lowest BCUT2D eigenvalue weighted by atomic mass is 10.1. The summed E-state index contributed by atoms with van der Waals surface area (Å²) in [6.45, 7) is 4.40. The second kappa shape index (κ2) is 23.3. The molecule has 0 aliphatic carbocycles. The zero-order chi connectivity index (χ0) is 23.0. The van der Waals surface area contributed by atoms with Gasteiger partial charge in [0.15, 0.2) is 0 Å². The average Bonchev–Trinajstić information content (AvgIpc) is 2.74. The van der Waals surface area contributed by atoms with Gasteiger partial charge in [0.1, 0.15) is 6.10 Å². The molecule has 0 spiro atoms. The van der Waals surface area contributed by atoms with Gasteiger partial charge in [-0.05, 0) is 38.2 Å². The van der Waals surface area contributed by atoms with Crippen molar-refractivity contribution in [3.05, 3.63) is 12.2 Å². The van der Waals surface area contributed by atoms with Gasteiger partial charge in [-0.1, -0.05) is 103 Å². The van der Waals surface area contributed by atoms with Crippen LogP contribution in [0, 0.1) is 0 Å². The highest BCUT2D eigenvalue weighted by Crippen LogP contribution is 2.15. The molecule has 0 aliphatic heterocycles.